The van der Waals surface area contributed by atoms with Crippen LogP contribution in [0.15, 0.2) is 11.6 Å². The summed E-state index contributed by atoms with van der Waals surface area (Å²) in [6.07, 6.45) is 7.10. The summed E-state index contributed by atoms with van der Waals surface area (Å²) < 4.78 is 14.1. The number of rotatable bonds is 0. The van der Waals surface area contributed by atoms with E-state index in [1.54, 1.807) is 0 Å². The van der Waals surface area contributed by atoms with E-state index in [2.05, 4.69) is 13.0 Å². The van der Waals surface area contributed by atoms with E-state index in [-0.39, 0.29) is 23.0 Å². The molecule has 0 heterocycles. The molecule has 0 aromatic heterocycles. The third kappa shape index (κ3) is 1.72. The van der Waals surface area contributed by atoms with E-state index in [1.807, 2.05) is 6.92 Å². The Kier molecular flexibility index (Phi) is 3.15. The maximum Gasteiger partial charge on any atom is 0.173 e. The summed E-state index contributed by atoms with van der Waals surface area (Å²) in [5.41, 5.74) is 1.05. The van der Waals surface area contributed by atoms with Crippen molar-refractivity contribution in [1.82, 2.24) is 0 Å². The van der Waals surface area contributed by atoms with Crippen LogP contribution in [-0.4, -0.2) is 23.2 Å². The highest BCUT2D eigenvalue weighted by atomic mass is 19.1. The Morgan fingerprint density at radius 1 is 1.18 bits per heavy atom. The summed E-state index contributed by atoms with van der Waals surface area (Å²) in [7, 11) is 0. The van der Waals surface area contributed by atoms with Gasteiger partial charge in [-0.2, -0.15) is 0 Å². The molecule has 0 spiro atoms. The maximum atomic E-state index is 14.1. The number of carbonyl (C=O) groups is 1. The average molecular weight is 306 g/mol. The molecule has 0 aliphatic heterocycles. The average Bonchev–Trinajstić information content (AvgIpc) is 2.71. The molecule has 22 heavy (non-hydrogen) atoms. The topological polar surface area (TPSA) is 37.3 Å². The van der Waals surface area contributed by atoms with Crippen LogP contribution >= 0.6 is 0 Å². The lowest BCUT2D eigenvalue weighted by Crippen LogP contribution is -2.54. The zero-order valence-corrected chi connectivity index (χ0v) is 13.6. The molecule has 122 valence electrons. The minimum absolute atomic E-state index is 0.0142. The van der Waals surface area contributed by atoms with Gasteiger partial charge in [0, 0.05) is 5.41 Å². The van der Waals surface area contributed by atoms with Crippen molar-refractivity contribution >= 4 is 5.78 Å². The number of aliphatic hydroxyl groups excluding tert-OH is 1. The van der Waals surface area contributed by atoms with Crippen molar-refractivity contribution in [3.63, 3.8) is 0 Å². The van der Waals surface area contributed by atoms with Crippen LogP contribution in [0.1, 0.15) is 58.8 Å². The highest BCUT2D eigenvalue weighted by molar-refractivity contribution is 5.91. The fourth-order valence-corrected chi connectivity index (χ4v) is 6.44. The molecule has 3 fully saturated rings. The van der Waals surface area contributed by atoms with Crippen molar-refractivity contribution in [2.45, 2.75) is 71.1 Å². The number of allylic oxidation sites excluding steroid dienone is 1. The monoisotopic (exact) mass is 306 g/mol. The number of carbonyl (C=O) groups excluding carboxylic acids is 1. The van der Waals surface area contributed by atoms with Gasteiger partial charge in [-0.3, -0.25) is 4.79 Å². The SMILES string of the molecule is C[C@]12CCCCC1=C[C@@H](O)[C@@H]1[C@@H]2CC[C@]2(C)C(=O)C(F)C[C@@H]12. The summed E-state index contributed by atoms with van der Waals surface area (Å²) in [6, 6.07) is 0. The summed E-state index contributed by atoms with van der Waals surface area (Å²) in [5.74, 6) is 0.293. The number of ketones is 1. The number of aliphatic hydroxyl groups is 1. The zero-order valence-electron chi connectivity index (χ0n) is 13.6. The molecule has 4 aliphatic rings. The Hall–Kier alpha value is -0.700. The van der Waals surface area contributed by atoms with Crippen LogP contribution < -0.4 is 0 Å². The number of fused-ring (bicyclic) bond motifs is 5. The van der Waals surface area contributed by atoms with Crippen LogP contribution in [0.5, 0.6) is 0 Å². The molecule has 1 unspecified atom stereocenters. The first-order chi connectivity index (χ1) is 10.4. The number of halogens is 1. The van der Waals surface area contributed by atoms with Gasteiger partial charge in [-0.1, -0.05) is 31.9 Å². The normalized spacial score (nSPS) is 54.3. The van der Waals surface area contributed by atoms with Gasteiger partial charge in [-0.05, 0) is 61.7 Å². The Labute approximate surface area is 132 Å². The molecule has 7 atom stereocenters. The largest absolute Gasteiger partial charge is 0.389 e. The molecule has 0 bridgehead atoms. The second-order valence-corrected chi connectivity index (χ2v) is 8.62. The molecule has 0 radical (unpaired) electrons. The van der Waals surface area contributed by atoms with Gasteiger partial charge in [0.15, 0.2) is 12.0 Å². The first-order valence-electron chi connectivity index (χ1n) is 8.95. The molecule has 3 heteroatoms. The fourth-order valence-electron chi connectivity index (χ4n) is 6.44. The summed E-state index contributed by atoms with van der Waals surface area (Å²) in [6.45, 7) is 4.30. The van der Waals surface area contributed by atoms with Crippen LogP contribution in [0, 0.1) is 28.6 Å². The van der Waals surface area contributed by atoms with Crippen molar-refractivity contribution in [1.29, 1.82) is 0 Å². The van der Waals surface area contributed by atoms with Gasteiger partial charge in [0.25, 0.3) is 0 Å². The van der Waals surface area contributed by atoms with Crippen LogP contribution in [0.3, 0.4) is 0 Å². The minimum atomic E-state index is -1.31. The molecule has 4 aliphatic carbocycles. The summed E-state index contributed by atoms with van der Waals surface area (Å²) in [4.78, 5) is 12.3. The molecule has 3 saturated carbocycles. The lowest BCUT2D eigenvalue weighted by atomic mass is 9.47. The van der Waals surface area contributed by atoms with Crippen LogP contribution in [0.2, 0.25) is 0 Å². The molecule has 0 aromatic rings. The summed E-state index contributed by atoms with van der Waals surface area (Å²) >= 11 is 0. The second kappa shape index (κ2) is 4.66. The zero-order chi connectivity index (χ0) is 15.7. The Balaban J connectivity index is 1.76. The van der Waals surface area contributed by atoms with Gasteiger partial charge in [0.1, 0.15) is 0 Å². The van der Waals surface area contributed by atoms with E-state index in [0.717, 1.165) is 19.3 Å². The van der Waals surface area contributed by atoms with Crippen molar-refractivity contribution < 1.29 is 14.3 Å². The van der Waals surface area contributed by atoms with Gasteiger partial charge in [-0.25, -0.2) is 4.39 Å². The van der Waals surface area contributed by atoms with E-state index in [4.69, 9.17) is 0 Å². The molecular formula is C19H27FO2. The predicted molar refractivity (Wildman–Crippen MR) is 83.0 cm³/mol. The highest BCUT2D eigenvalue weighted by Crippen LogP contribution is 2.64. The van der Waals surface area contributed by atoms with Crippen LogP contribution in [0.4, 0.5) is 4.39 Å². The molecular weight excluding hydrogens is 279 g/mol. The van der Waals surface area contributed by atoms with Gasteiger partial charge >= 0.3 is 0 Å². The van der Waals surface area contributed by atoms with Gasteiger partial charge in [0.2, 0.25) is 0 Å². The number of alkyl halides is 1. The predicted octanol–water partition coefficient (Wildman–Crippen LogP) is 3.83. The van der Waals surface area contributed by atoms with E-state index >= 15 is 0 Å². The van der Waals surface area contributed by atoms with Crippen molar-refractivity contribution in [2.75, 3.05) is 0 Å². The fraction of sp³-hybridized carbons (Fsp3) is 0.842. The molecule has 2 nitrogen and oxygen atoms in total. The smallest absolute Gasteiger partial charge is 0.173 e. The maximum absolute atomic E-state index is 14.1. The molecule has 0 amide bonds. The lowest BCUT2D eigenvalue weighted by molar-refractivity contribution is -0.137. The van der Waals surface area contributed by atoms with Crippen molar-refractivity contribution in [3.05, 3.63) is 11.6 Å². The summed E-state index contributed by atoms with van der Waals surface area (Å²) in [5, 5.41) is 10.8. The van der Waals surface area contributed by atoms with E-state index < -0.39 is 17.7 Å². The van der Waals surface area contributed by atoms with Gasteiger partial charge < -0.3 is 5.11 Å². The first-order valence-corrected chi connectivity index (χ1v) is 8.95. The highest BCUT2D eigenvalue weighted by Gasteiger charge is 2.62. The molecule has 0 aromatic carbocycles. The number of hydrogen-bond donors (Lipinski definition) is 1. The van der Waals surface area contributed by atoms with E-state index in [1.165, 1.54) is 24.8 Å². The third-order valence-corrected chi connectivity index (χ3v) is 7.74. The Bertz CT molecular complexity index is 542. The first kappa shape index (κ1) is 14.9. The minimum Gasteiger partial charge on any atom is -0.389 e. The molecule has 0 saturated heterocycles. The van der Waals surface area contributed by atoms with Crippen molar-refractivity contribution in [3.8, 4) is 0 Å². The second-order valence-electron chi connectivity index (χ2n) is 8.62. The standard InChI is InChI=1S/C19H27FO2/c1-18-7-4-3-5-11(18)9-15(21)16-12(18)6-8-19(2)13(16)10-14(20)17(19)22/h9,12-16,21H,3-8,10H2,1-2H3/t12-,13-,14?,15+,16+,18-,19-/m0/s1. The van der Waals surface area contributed by atoms with Gasteiger partial charge in [-0.15, -0.1) is 0 Å². The molecule has 4 rings (SSSR count). The van der Waals surface area contributed by atoms with Crippen LogP contribution in [0.25, 0.3) is 0 Å². The third-order valence-electron chi connectivity index (χ3n) is 7.74. The quantitative estimate of drug-likeness (QED) is 0.691. The van der Waals surface area contributed by atoms with Crippen molar-refractivity contribution in [2.24, 2.45) is 28.6 Å². The molecule has 1 N–H and O–H groups in total. The van der Waals surface area contributed by atoms with E-state index in [0.29, 0.717) is 12.3 Å². The number of hydrogen-bond acceptors (Lipinski definition) is 2. The van der Waals surface area contributed by atoms with Gasteiger partial charge in [0.05, 0.1) is 6.10 Å². The Morgan fingerprint density at radius 2 is 1.95 bits per heavy atom. The van der Waals surface area contributed by atoms with E-state index in [9.17, 15) is 14.3 Å². The Morgan fingerprint density at radius 3 is 2.73 bits per heavy atom. The lowest BCUT2D eigenvalue weighted by Gasteiger charge is -2.57. The van der Waals surface area contributed by atoms with Crippen LogP contribution in [-0.2, 0) is 4.79 Å². The number of Topliss-reactive ketones (excluding diaryl/α,β-unsaturated/α-hetero) is 1.